The van der Waals surface area contributed by atoms with E-state index in [4.69, 9.17) is 4.74 Å². The molecular weight excluding hydrogens is 166 g/mol. The first-order valence-corrected chi connectivity index (χ1v) is 5.25. The van der Waals surface area contributed by atoms with E-state index < -0.39 is 0 Å². The van der Waals surface area contributed by atoms with Gasteiger partial charge in [-0.05, 0) is 25.7 Å². The first kappa shape index (κ1) is 9.00. The first-order chi connectivity index (χ1) is 6.36. The predicted molar refractivity (Wildman–Crippen MR) is 49.3 cm³/mol. The Labute approximate surface area is 78.8 Å². The maximum absolute atomic E-state index is 11.4. The summed E-state index contributed by atoms with van der Waals surface area (Å²) in [4.78, 5) is 11.4. The van der Waals surface area contributed by atoms with Gasteiger partial charge in [0.1, 0.15) is 0 Å². The minimum absolute atomic E-state index is 0.238. The Hall–Kier alpha value is -0.570. The second-order valence-electron chi connectivity index (χ2n) is 4.01. The molecule has 1 saturated heterocycles. The SMILES string of the molecule is O=C(NC[C@@H]1CCCO1)C1CCC1. The number of amides is 1. The minimum atomic E-state index is 0.238. The zero-order chi connectivity index (χ0) is 9.10. The van der Waals surface area contributed by atoms with Crippen LogP contribution in [0.2, 0.25) is 0 Å². The van der Waals surface area contributed by atoms with Gasteiger partial charge in [0.25, 0.3) is 0 Å². The molecule has 2 fully saturated rings. The van der Waals surface area contributed by atoms with Crippen LogP contribution in [0.3, 0.4) is 0 Å². The molecule has 1 amide bonds. The molecule has 0 radical (unpaired) electrons. The van der Waals surface area contributed by atoms with E-state index in [0.29, 0.717) is 5.92 Å². The summed E-state index contributed by atoms with van der Waals surface area (Å²) in [6, 6.07) is 0. The van der Waals surface area contributed by atoms with Crippen LogP contribution in [0.25, 0.3) is 0 Å². The van der Waals surface area contributed by atoms with Gasteiger partial charge in [-0.15, -0.1) is 0 Å². The lowest BCUT2D eigenvalue weighted by atomic mass is 9.85. The standard InChI is InChI=1S/C10H17NO2/c12-10(8-3-1-4-8)11-7-9-5-2-6-13-9/h8-9H,1-7H2,(H,11,12)/t9-/m0/s1. The van der Waals surface area contributed by atoms with Crippen LogP contribution in [0, 0.1) is 5.92 Å². The molecular formula is C10H17NO2. The number of hydrogen-bond donors (Lipinski definition) is 1. The van der Waals surface area contributed by atoms with E-state index in [1.807, 2.05) is 0 Å². The van der Waals surface area contributed by atoms with Crippen molar-refractivity contribution in [3.63, 3.8) is 0 Å². The molecule has 0 aromatic carbocycles. The van der Waals surface area contributed by atoms with Gasteiger partial charge >= 0.3 is 0 Å². The second kappa shape index (κ2) is 4.09. The summed E-state index contributed by atoms with van der Waals surface area (Å²) in [5, 5.41) is 2.96. The lowest BCUT2D eigenvalue weighted by Crippen LogP contribution is -2.38. The smallest absolute Gasteiger partial charge is 0.223 e. The van der Waals surface area contributed by atoms with E-state index in [2.05, 4.69) is 5.32 Å². The molecule has 1 aliphatic heterocycles. The van der Waals surface area contributed by atoms with E-state index >= 15 is 0 Å². The molecule has 3 nitrogen and oxygen atoms in total. The molecule has 1 atom stereocenters. The molecule has 0 aromatic rings. The largest absolute Gasteiger partial charge is 0.376 e. The normalized spacial score (nSPS) is 28.5. The zero-order valence-corrected chi connectivity index (χ0v) is 7.92. The van der Waals surface area contributed by atoms with Crippen molar-refractivity contribution >= 4 is 5.91 Å². The molecule has 1 heterocycles. The number of hydrogen-bond acceptors (Lipinski definition) is 2. The van der Waals surface area contributed by atoms with Gasteiger partial charge in [0.05, 0.1) is 6.10 Å². The van der Waals surface area contributed by atoms with Crippen LogP contribution in [0.5, 0.6) is 0 Å². The third-order valence-corrected chi connectivity index (χ3v) is 3.00. The van der Waals surface area contributed by atoms with Crippen molar-refractivity contribution in [1.29, 1.82) is 0 Å². The van der Waals surface area contributed by atoms with Crippen LogP contribution in [0.1, 0.15) is 32.1 Å². The zero-order valence-electron chi connectivity index (χ0n) is 7.92. The van der Waals surface area contributed by atoms with Crippen LogP contribution in [0.15, 0.2) is 0 Å². The molecule has 0 bridgehead atoms. The summed E-state index contributed by atoms with van der Waals surface area (Å²) in [6.07, 6.45) is 5.91. The fourth-order valence-corrected chi connectivity index (χ4v) is 1.83. The van der Waals surface area contributed by atoms with Crippen LogP contribution >= 0.6 is 0 Å². The Balaban J connectivity index is 1.63. The van der Waals surface area contributed by atoms with Gasteiger partial charge in [-0.2, -0.15) is 0 Å². The third kappa shape index (κ3) is 2.21. The Bertz CT molecular complexity index is 183. The average molecular weight is 183 g/mol. The van der Waals surface area contributed by atoms with Crippen molar-refractivity contribution in [1.82, 2.24) is 5.32 Å². The summed E-state index contributed by atoms with van der Waals surface area (Å²) >= 11 is 0. The fraction of sp³-hybridized carbons (Fsp3) is 0.900. The molecule has 3 heteroatoms. The molecule has 1 aliphatic carbocycles. The van der Waals surface area contributed by atoms with Crippen LogP contribution in [0.4, 0.5) is 0 Å². The molecule has 0 unspecified atom stereocenters. The Morgan fingerprint density at radius 2 is 2.15 bits per heavy atom. The fourth-order valence-electron chi connectivity index (χ4n) is 1.83. The highest BCUT2D eigenvalue weighted by atomic mass is 16.5. The van der Waals surface area contributed by atoms with Crippen molar-refractivity contribution < 1.29 is 9.53 Å². The summed E-state index contributed by atoms with van der Waals surface area (Å²) in [6.45, 7) is 1.58. The van der Waals surface area contributed by atoms with E-state index in [-0.39, 0.29) is 12.0 Å². The molecule has 1 saturated carbocycles. The molecule has 13 heavy (non-hydrogen) atoms. The molecule has 0 spiro atoms. The predicted octanol–water partition coefficient (Wildman–Crippen LogP) is 1.08. The van der Waals surface area contributed by atoms with E-state index in [1.54, 1.807) is 0 Å². The topological polar surface area (TPSA) is 38.3 Å². The third-order valence-electron chi connectivity index (χ3n) is 3.00. The summed E-state index contributed by atoms with van der Waals surface area (Å²) in [7, 11) is 0. The maximum Gasteiger partial charge on any atom is 0.223 e. The van der Waals surface area contributed by atoms with E-state index in [9.17, 15) is 4.79 Å². The lowest BCUT2D eigenvalue weighted by molar-refractivity contribution is -0.127. The summed E-state index contributed by atoms with van der Waals surface area (Å²) < 4.78 is 5.42. The van der Waals surface area contributed by atoms with Gasteiger partial charge in [0.15, 0.2) is 0 Å². The molecule has 2 aliphatic rings. The minimum Gasteiger partial charge on any atom is -0.376 e. The highest BCUT2D eigenvalue weighted by Gasteiger charge is 2.26. The molecule has 1 N–H and O–H groups in total. The number of nitrogens with one attached hydrogen (secondary N) is 1. The van der Waals surface area contributed by atoms with Crippen LogP contribution in [-0.4, -0.2) is 25.2 Å². The quantitative estimate of drug-likeness (QED) is 0.711. The molecule has 74 valence electrons. The van der Waals surface area contributed by atoms with Gasteiger partial charge in [-0.3, -0.25) is 4.79 Å². The number of rotatable bonds is 3. The summed E-state index contributed by atoms with van der Waals surface area (Å²) in [5.74, 6) is 0.545. The van der Waals surface area contributed by atoms with Crippen LogP contribution in [-0.2, 0) is 9.53 Å². The Morgan fingerprint density at radius 3 is 2.69 bits per heavy atom. The molecule has 0 aromatic heterocycles. The lowest BCUT2D eigenvalue weighted by Gasteiger charge is -2.24. The second-order valence-corrected chi connectivity index (χ2v) is 4.01. The number of ether oxygens (including phenoxy) is 1. The van der Waals surface area contributed by atoms with Gasteiger partial charge in [-0.1, -0.05) is 6.42 Å². The van der Waals surface area contributed by atoms with Gasteiger partial charge in [0.2, 0.25) is 5.91 Å². The van der Waals surface area contributed by atoms with Gasteiger partial charge in [-0.25, -0.2) is 0 Å². The average Bonchev–Trinajstić information content (AvgIpc) is 2.49. The van der Waals surface area contributed by atoms with Crippen molar-refractivity contribution in [3.8, 4) is 0 Å². The maximum atomic E-state index is 11.4. The van der Waals surface area contributed by atoms with Crippen molar-refractivity contribution in [2.45, 2.75) is 38.2 Å². The van der Waals surface area contributed by atoms with E-state index in [1.165, 1.54) is 6.42 Å². The Kier molecular flexibility index (Phi) is 2.83. The highest BCUT2D eigenvalue weighted by Crippen LogP contribution is 2.26. The van der Waals surface area contributed by atoms with Crippen LogP contribution < -0.4 is 5.32 Å². The van der Waals surface area contributed by atoms with Crippen molar-refractivity contribution in [3.05, 3.63) is 0 Å². The van der Waals surface area contributed by atoms with Crippen molar-refractivity contribution in [2.24, 2.45) is 5.92 Å². The summed E-state index contributed by atoms with van der Waals surface area (Å²) in [5.41, 5.74) is 0. The van der Waals surface area contributed by atoms with Crippen molar-refractivity contribution in [2.75, 3.05) is 13.2 Å². The first-order valence-electron chi connectivity index (χ1n) is 5.25. The number of carbonyl (C=O) groups is 1. The number of carbonyl (C=O) groups excluding carboxylic acids is 1. The van der Waals surface area contributed by atoms with Gasteiger partial charge < -0.3 is 10.1 Å². The highest BCUT2D eigenvalue weighted by molar-refractivity contribution is 5.79. The van der Waals surface area contributed by atoms with E-state index in [0.717, 1.165) is 38.8 Å². The monoisotopic (exact) mass is 183 g/mol. The Morgan fingerprint density at radius 1 is 1.31 bits per heavy atom. The molecule has 2 rings (SSSR count). The van der Waals surface area contributed by atoms with Gasteiger partial charge in [0, 0.05) is 19.1 Å².